The number of aryl methyl sites for hydroxylation is 1. The number of hydrogen-bond donors (Lipinski definition) is 0. The highest BCUT2D eigenvalue weighted by Gasteiger charge is 2.32. The molecule has 2 aromatic rings. The maximum atomic E-state index is 12.7. The van der Waals surface area contributed by atoms with Crippen LogP contribution in [0.4, 0.5) is 13.2 Å². The smallest absolute Gasteiger partial charge is 0.416 e. The van der Waals surface area contributed by atoms with Crippen molar-refractivity contribution in [1.82, 2.24) is 0 Å². The van der Waals surface area contributed by atoms with E-state index in [1.807, 2.05) is 0 Å². The van der Waals surface area contributed by atoms with Gasteiger partial charge in [-0.3, -0.25) is 0 Å². The predicted molar refractivity (Wildman–Crippen MR) is 93.5 cm³/mol. The van der Waals surface area contributed by atoms with Crippen LogP contribution in [0.2, 0.25) is 0 Å². The molecule has 142 valence electrons. The Morgan fingerprint density at radius 1 is 1.00 bits per heavy atom. The first-order chi connectivity index (χ1) is 12.5. The molecule has 1 aliphatic rings. The second kappa shape index (κ2) is 6.53. The number of esters is 1. The van der Waals surface area contributed by atoms with Crippen LogP contribution in [0.1, 0.15) is 22.3 Å². The van der Waals surface area contributed by atoms with Gasteiger partial charge in [0.1, 0.15) is 6.61 Å². The monoisotopic (exact) mass is 396 g/mol. The molecule has 0 unspecified atom stereocenters. The van der Waals surface area contributed by atoms with Crippen LogP contribution in [0.25, 0.3) is 11.1 Å². The quantitative estimate of drug-likeness (QED) is 0.739. The molecule has 1 heterocycles. The fourth-order valence-corrected chi connectivity index (χ4v) is 3.96. The number of carbonyl (C=O) groups excluding carboxylic acids is 1. The summed E-state index contributed by atoms with van der Waals surface area (Å²) >= 11 is 0. The number of sulfone groups is 1. The Bertz CT molecular complexity index is 1050. The third-order valence-corrected chi connectivity index (χ3v) is 5.53. The van der Waals surface area contributed by atoms with Gasteiger partial charge in [0.15, 0.2) is 9.84 Å². The zero-order chi connectivity index (χ0) is 20.0. The maximum absolute atomic E-state index is 12.7. The number of hydrogen-bond acceptors (Lipinski definition) is 4. The van der Waals surface area contributed by atoms with Gasteiger partial charge in [-0.2, -0.15) is 13.2 Å². The zero-order valence-corrected chi connectivity index (χ0v) is 15.2. The SMILES string of the molecule is Cc1cc(C2=C(c3ccc(C(F)(F)F)cc3)C(=O)OC2)ccc1S(C)(=O)=O. The van der Waals surface area contributed by atoms with Crippen molar-refractivity contribution in [2.45, 2.75) is 18.0 Å². The molecule has 0 radical (unpaired) electrons. The minimum absolute atomic E-state index is 0.0349. The zero-order valence-electron chi connectivity index (χ0n) is 14.4. The number of rotatable bonds is 3. The van der Waals surface area contributed by atoms with E-state index >= 15 is 0 Å². The van der Waals surface area contributed by atoms with Gasteiger partial charge in [0.25, 0.3) is 0 Å². The number of cyclic esters (lactones) is 1. The van der Waals surface area contributed by atoms with E-state index in [1.54, 1.807) is 19.1 Å². The lowest BCUT2D eigenvalue weighted by molar-refractivity contribution is -0.137. The number of halogens is 3. The normalized spacial score (nSPS) is 15.2. The van der Waals surface area contributed by atoms with Crippen molar-refractivity contribution < 1.29 is 31.1 Å². The molecule has 0 N–H and O–H groups in total. The Morgan fingerprint density at radius 3 is 2.11 bits per heavy atom. The van der Waals surface area contributed by atoms with Gasteiger partial charge in [0.2, 0.25) is 0 Å². The molecule has 0 spiro atoms. The lowest BCUT2D eigenvalue weighted by Crippen LogP contribution is -2.05. The van der Waals surface area contributed by atoms with Crippen molar-refractivity contribution in [3.63, 3.8) is 0 Å². The lowest BCUT2D eigenvalue weighted by Gasteiger charge is -2.10. The maximum Gasteiger partial charge on any atom is 0.416 e. The van der Waals surface area contributed by atoms with E-state index < -0.39 is 27.5 Å². The summed E-state index contributed by atoms with van der Waals surface area (Å²) in [5.74, 6) is -0.630. The third-order valence-electron chi connectivity index (χ3n) is 4.28. The summed E-state index contributed by atoms with van der Waals surface area (Å²) in [7, 11) is -3.39. The average Bonchev–Trinajstić information content (AvgIpc) is 2.94. The fraction of sp³-hybridized carbons (Fsp3) is 0.211. The van der Waals surface area contributed by atoms with Crippen LogP contribution in [0.15, 0.2) is 47.4 Å². The summed E-state index contributed by atoms with van der Waals surface area (Å²) in [4.78, 5) is 12.3. The molecule has 3 rings (SSSR count). The number of benzene rings is 2. The molecule has 0 bridgehead atoms. The molecule has 2 aromatic carbocycles. The minimum Gasteiger partial charge on any atom is -0.457 e. The van der Waals surface area contributed by atoms with Crippen molar-refractivity contribution in [3.8, 4) is 0 Å². The van der Waals surface area contributed by atoms with Crippen molar-refractivity contribution in [3.05, 3.63) is 64.7 Å². The Hall–Kier alpha value is -2.61. The number of alkyl halides is 3. The first-order valence-corrected chi connectivity index (χ1v) is 9.76. The summed E-state index contributed by atoms with van der Waals surface area (Å²) in [6.07, 6.45) is -3.37. The van der Waals surface area contributed by atoms with Crippen molar-refractivity contribution in [2.24, 2.45) is 0 Å². The second-order valence-corrected chi connectivity index (χ2v) is 8.24. The summed E-state index contributed by atoms with van der Waals surface area (Å²) in [5.41, 5.74) is 1.27. The van der Waals surface area contributed by atoms with Crippen LogP contribution in [-0.2, 0) is 25.5 Å². The van der Waals surface area contributed by atoms with E-state index in [1.165, 1.54) is 18.2 Å². The highest BCUT2D eigenvalue weighted by Crippen LogP contribution is 2.36. The van der Waals surface area contributed by atoms with Crippen LogP contribution in [0.5, 0.6) is 0 Å². The van der Waals surface area contributed by atoms with Gasteiger partial charge >= 0.3 is 12.1 Å². The lowest BCUT2D eigenvalue weighted by atomic mass is 9.95. The average molecular weight is 396 g/mol. The van der Waals surface area contributed by atoms with Gasteiger partial charge in [-0.25, -0.2) is 13.2 Å². The predicted octanol–water partition coefficient (Wildman–Crippen LogP) is 3.88. The molecule has 4 nitrogen and oxygen atoms in total. The molecule has 0 fully saturated rings. The molecule has 8 heteroatoms. The Balaban J connectivity index is 2.09. The summed E-state index contributed by atoms with van der Waals surface area (Å²) in [5, 5.41) is 0. The fourth-order valence-electron chi connectivity index (χ4n) is 3.00. The van der Waals surface area contributed by atoms with Crippen molar-refractivity contribution in [2.75, 3.05) is 12.9 Å². The molecule has 0 saturated carbocycles. The molecular formula is C19H15F3O4S. The molecule has 0 aliphatic carbocycles. The molecule has 0 aromatic heterocycles. The van der Waals surface area contributed by atoms with Crippen LogP contribution in [0, 0.1) is 6.92 Å². The molecule has 1 aliphatic heterocycles. The molecule has 0 amide bonds. The van der Waals surface area contributed by atoms with Crippen LogP contribution in [-0.4, -0.2) is 27.2 Å². The largest absolute Gasteiger partial charge is 0.457 e. The highest BCUT2D eigenvalue weighted by atomic mass is 32.2. The minimum atomic E-state index is -4.47. The van der Waals surface area contributed by atoms with Gasteiger partial charge in [-0.05, 0) is 41.8 Å². The number of ether oxygens (including phenoxy) is 1. The standard InChI is InChI=1S/C19H15F3O4S/c1-11-9-13(5-8-16(11)27(2,24)25)15-10-26-18(23)17(15)12-3-6-14(7-4-12)19(20,21)22/h3-9H,10H2,1-2H3. The van der Waals surface area contributed by atoms with E-state index in [2.05, 4.69) is 0 Å². The molecule has 0 saturated heterocycles. The van der Waals surface area contributed by atoms with Crippen LogP contribution < -0.4 is 0 Å². The Morgan fingerprint density at radius 2 is 1.59 bits per heavy atom. The highest BCUT2D eigenvalue weighted by molar-refractivity contribution is 7.90. The van der Waals surface area contributed by atoms with E-state index in [-0.39, 0.29) is 17.1 Å². The van der Waals surface area contributed by atoms with E-state index in [9.17, 15) is 26.4 Å². The van der Waals surface area contributed by atoms with Crippen molar-refractivity contribution in [1.29, 1.82) is 0 Å². The topological polar surface area (TPSA) is 60.4 Å². The summed E-state index contributed by atoms with van der Waals surface area (Å²) < 4.78 is 66.8. The third kappa shape index (κ3) is 3.75. The Kier molecular flexibility index (Phi) is 4.63. The summed E-state index contributed by atoms with van der Waals surface area (Å²) in [6.45, 7) is 1.60. The van der Waals surface area contributed by atoms with Crippen molar-refractivity contribution >= 4 is 27.0 Å². The van der Waals surface area contributed by atoms with E-state index in [0.29, 0.717) is 22.3 Å². The van der Waals surface area contributed by atoms with Crippen LogP contribution in [0.3, 0.4) is 0 Å². The van der Waals surface area contributed by atoms with Gasteiger partial charge in [-0.1, -0.05) is 24.3 Å². The van der Waals surface area contributed by atoms with E-state index in [0.717, 1.165) is 18.4 Å². The van der Waals surface area contributed by atoms with Gasteiger partial charge < -0.3 is 4.74 Å². The molecule has 27 heavy (non-hydrogen) atoms. The second-order valence-electron chi connectivity index (χ2n) is 6.26. The first kappa shape index (κ1) is 19.2. The molecular weight excluding hydrogens is 381 g/mol. The summed E-state index contributed by atoms with van der Waals surface area (Å²) in [6, 6.07) is 8.89. The van der Waals surface area contributed by atoms with E-state index in [4.69, 9.17) is 4.74 Å². The first-order valence-electron chi connectivity index (χ1n) is 7.87. The molecule has 0 atom stereocenters. The van der Waals surface area contributed by atoms with Crippen LogP contribution >= 0.6 is 0 Å². The van der Waals surface area contributed by atoms with Gasteiger partial charge in [0, 0.05) is 11.8 Å². The van der Waals surface area contributed by atoms with Gasteiger partial charge in [-0.15, -0.1) is 0 Å². The number of carbonyl (C=O) groups is 1. The Labute approximate surface area is 154 Å². The van der Waals surface area contributed by atoms with Gasteiger partial charge in [0.05, 0.1) is 16.0 Å².